The average Bonchev–Trinajstić information content (AvgIpc) is 2.19. The van der Waals surface area contributed by atoms with Gasteiger partial charge in [-0.2, -0.15) is 0 Å². The fourth-order valence-corrected chi connectivity index (χ4v) is 3.68. The maximum atomic E-state index is 11.0. The van der Waals surface area contributed by atoms with Crippen LogP contribution in [-0.4, -0.2) is 42.9 Å². The lowest BCUT2D eigenvalue weighted by Crippen LogP contribution is -2.30. The van der Waals surface area contributed by atoms with Gasteiger partial charge in [0.1, 0.15) is 0 Å². The molecule has 0 atom stereocenters. The highest BCUT2D eigenvalue weighted by Gasteiger charge is 2.58. The van der Waals surface area contributed by atoms with Crippen molar-refractivity contribution in [2.75, 3.05) is 13.1 Å². The van der Waals surface area contributed by atoms with Gasteiger partial charge < -0.3 is 30.0 Å². The number of hydrogen-bond donors (Lipinski definition) is 6. The van der Waals surface area contributed by atoms with E-state index in [0.717, 1.165) is 6.42 Å². The molecule has 116 valence electrons. The molecule has 0 aromatic carbocycles. The van der Waals surface area contributed by atoms with Crippen LogP contribution in [0.4, 0.5) is 0 Å². The molecule has 0 unspecified atom stereocenters. The van der Waals surface area contributed by atoms with Gasteiger partial charge >= 0.3 is 15.2 Å². The zero-order valence-electron chi connectivity index (χ0n) is 11.1. The topological polar surface area (TPSA) is 147 Å². The Hall–Kier alpha value is 0.220. The predicted octanol–water partition coefficient (Wildman–Crippen LogP) is 0.404. The van der Waals surface area contributed by atoms with E-state index in [0.29, 0.717) is 19.0 Å². The normalized spacial score (nSPS) is 14.1. The van der Waals surface area contributed by atoms with E-state index in [1.165, 1.54) is 0 Å². The minimum absolute atomic E-state index is 0.0464. The van der Waals surface area contributed by atoms with Crippen molar-refractivity contribution in [1.29, 1.82) is 0 Å². The molecular weight excluding hydrogens is 296 g/mol. The second-order valence-corrected chi connectivity index (χ2v) is 8.91. The predicted molar refractivity (Wildman–Crippen MR) is 70.6 cm³/mol. The zero-order valence-corrected chi connectivity index (χ0v) is 12.8. The molecule has 0 spiro atoms. The van der Waals surface area contributed by atoms with Crippen LogP contribution in [0.3, 0.4) is 0 Å². The van der Waals surface area contributed by atoms with Crippen molar-refractivity contribution in [3.8, 4) is 0 Å². The Morgan fingerprint density at radius 1 is 1.05 bits per heavy atom. The number of aliphatic hydroxyl groups is 1. The molecule has 0 bridgehead atoms. The molecule has 0 saturated heterocycles. The molecule has 19 heavy (non-hydrogen) atoms. The van der Waals surface area contributed by atoms with E-state index in [1.54, 1.807) is 0 Å². The molecule has 0 aromatic heterocycles. The largest absolute Gasteiger partial charge is 0.369 e. The highest BCUT2D eigenvalue weighted by molar-refractivity contribution is 7.72. The summed E-state index contributed by atoms with van der Waals surface area (Å²) in [6.45, 7) is 5.10. The lowest BCUT2D eigenvalue weighted by atomic mass is 10.1. The van der Waals surface area contributed by atoms with Gasteiger partial charge in [0.25, 0.3) is 5.08 Å². The minimum Gasteiger partial charge on any atom is -0.368 e. The molecule has 0 fully saturated rings. The van der Waals surface area contributed by atoms with Crippen molar-refractivity contribution in [3.05, 3.63) is 0 Å². The quantitative estimate of drug-likeness (QED) is 0.264. The Kier molecular flexibility index (Phi) is 7.38. The van der Waals surface area contributed by atoms with Crippen molar-refractivity contribution in [2.24, 2.45) is 5.92 Å². The van der Waals surface area contributed by atoms with E-state index in [4.69, 9.17) is 19.6 Å². The van der Waals surface area contributed by atoms with E-state index < -0.39 is 26.7 Å². The van der Waals surface area contributed by atoms with Crippen LogP contribution in [0.2, 0.25) is 0 Å². The molecule has 0 aliphatic carbocycles. The second kappa shape index (κ2) is 7.29. The van der Waals surface area contributed by atoms with Crippen LogP contribution in [-0.2, 0) is 9.13 Å². The molecule has 10 heteroatoms. The third kappa shape index (κ3) is 6.02. The maximum Gasteiger partial charge on any atom is 0.369 e. The fraction of sp³-hybridized carbons (Fsp3) is 1.00. The summed E-state index contributed by atoms with van der Waals surface area (Å²) in [5.41, 5.74) is 0. The van der Waals surface area contributed by atoms with Crippen LogP contribution in [0, 0.1) is 5.92 Å². The molecule has 0 heterocycles. The van der Waals surface area contributed by atoms with Gasteiger partial charge in [-0.25, -0.2) is 0 Å². The molecule has 6 N–H and O–H groups in total. The summed E-state index contributed by atoms with van der Waals surface area (Å²) in [4.78, 5) is 35.6. The van der Waals surface area contributed by atoms with Gasteiger partial charge in [-0.05, 0) is 31.8 Å². The summed E-state index contributed by atoms with van der Waals surface area (Å²) < 4.78 is 22.1. The highest BCUT2D eigenvalue weighted by atomic mass is 31.2. The Bertz CT molecular complexity index is 340. The Labute approximate surface area is 112 Å². The summed E-state index contributed by atoms with van der Waals surface area (Å²) in [5.74, 6) is 0.509. The molecule has 0 rings (SSSR count). The van der Waals surface area contributed by atoms with Gasteiger partial charge in [-0.1, -0.05) is 13.8 Å². The van der Waals surface area contributed by atoms with E-state index in [1.807, 2.05) is 13.8 Å². The molecule has 0 saturated carbocycles. The van der Waals surface area contributed by atoms with E-state index in [-0.39, 0.29) is 6.42 Å². The van der Waals surface area contributed by atoms with Gasteiger partial charge in [0, 0.05) is 6.42 Å². The first-order valence-corrected chi connectivity index (χ1v) is 9.18. The van der Waals surface area contributed by atoms with Gasteiger partial charge in [0.05, 0.1) is 0 Å². The maximum absolute atomic E-state index is 11.0. The van der Waals surface area contributed by atoms with Crippen molar-refractivity contribution >= 4 is 15.2 Å². The number of nitrogens with one attached hydrogen (secondary N) is 1. The fourth-order valence-electron chi connectivity index (χ4n) is 1.43. The minimum atomic E-state index is -5.32. The molecule has 8 nitrogen and oxygen atoms in total. The summed E-state index contributed by atoms with van der Waals surface area (Å²) in [6.07, 6.45) is 0.294. The van der Waals surface area contributed by atoms with E-state index in [2.05, 4.69) is 5.32 Å². The van der Waals surface area contributed by atoms with Crippen LogP contribution in [0.5, 0.6) is 0 Å². The monoisotopic (exact) mass is 319 g/mol. The number of rotatable bonds is 9. The SMILES string of the molecule is CC(C)CCNCCCC(O)(P(=O)(O)O)P(=O)(O)O. The summed E-state index contributed by atoms with van der Waals surface area (Å²) in [7, 11) is -10.6. The van der Waals surface area contributed by atoms with Gasteiger partial charge in [-0.3, -0.25) is 9.13 Å². The molecular formula is C9H23NO7P2. The molecule has 0 aromatic rings. The van der Waals surface area contributed by atoms with Crippen LogP contribution in [0.1, 0.15) is 33.1 Å². The van der Waals surface area contributed by atoms with Crippen molar-refractivity contribution < 1.29 is 33.8 Å². The molecule has 0 aliphatic rings. The standard InChI is InChI=1S/C9H23NO7P2/c1-8(2)4-7-10-6-3-5-9(11,18(12,13)14)19(15,16)17/h8,10-11H,3-7H2,1-2H3,(H2,12,13,14)(H2,15,16,17). The number of hydrogen-bond acceptors (Lipinski definition) is 4. The van der Waals surface area contributed by atoms with Crippen LogP contribution >= 0.6 is 15.2 Å². The molecule has 0 amide bonds. The lowest BCUT2D eigenvalue weighted by Gasteiger charge is -2.29. The Morgan fingerprint density at radius 2 is 1.53 bits per heavy atom. The first kappa shape index (κ1) is 19.2. The average molecular weight is 319 g/mol. The first-order chi connectivity index (χ1) is 8.42. The van der Waals surface area contributed by atoms with E-state index in [9.17, 15) is 14.2 Å². The van der Waals surface area contributed by atoms with Gasteiger partial charge in [-0.15, -0.1) is 0 Å². The first-order valence-electron chi connectivity index (χ1n) is 5.96. The molecule has 0 aliphatic heterocycles. The summed E-state index contributed by atoms with van der Waals surface area (Å²) in [5, 5.41) is 9.26. The summed E-state index contributed by atoms with van der Waals surface area (Å²) >= 11 is 0. The second-order valence-electron chi connectivity index (χ2n) is 4.90. The highest BCUT2D eigenvalue weighted by Crippen LogP contribution is 2.69. The van der Waals surface area contributed by atoms with Crippen LogP contribution in [0.15, 0.2) is 0 Å². The van der Waals surface area contributed by atoms with Gasteiger partial charge in [0.2, 0.25) is 0 Å². The van der Waals surface area contributed by atoms with Crippen molar-refractivity contribution in [3.63, 3.8) is 0 Å². The van der Waals surface area contributed by atoms with Crippen LogP contribution in [0.25, 0.3) is 0 Å². The Balaban J connectivity index is 4.33. The third-order valence-corrected chi connectivity index (χ3v) is 6.57. The van der Waals surface area contributed by atoms with Gasteiger partial charge in [0.15, 0.2) is 0 Å². The van der Waals surface area contributed by atoms with Crippen molar-refractivity contribution in [1.82, 2.24) is 5.32 Å². The third-order valence-electron chi connectivity index (χ3n) is 2.70. The smallest absolute Gasteiger partial charge is 0.368 e. The van der Waals surface area contributed by atoms with Crippen molar-refractivity contribution in [2.45, 2.75) is 38.2 Å². The zero-order chi connectivity index (χ0) is 15.3. The Morgan fingerprint density at radius 3 is 1.89 bits per heavy atom. The van der Waals surface area contributed by atoms with Crippen LogP contribution < -0.4 is 5.32 Å². The summed E-state index contributed by atoms with van der Waals surface area (Å²) in [6, 6.07) is 0. The lowest BCUT2D eigenvalue weighted by molar-refractivity contribution is 0.121. The molecule has 0 radical (unpaired) electrons. The van der Waals surface area contributed by atoms with E-state index >= 15 is 0 Å².